The summed E-state index contributed by atoms with van der Waals surface area (Å²) in [6.07, 6.45) is 1.96. The third-order valence-corrected chi connectivity index (χ3v) is 3.61. The van der Waals surface area contributed by atoms with Gasteiger partial charge in [0.05, 0.1) is 0 Å². The molecular formula is C12H17ClN2S. The lowest BCUT2D eigenvalue weighted by molar-refractivity contribution is 0.623. The summed E-state index contributed by atoms with van der Waals surface area (Å²) in [5.74, 6) is 0. The van der Waals surface area contributed by atoms with Crippen molar-refractivity contribution < 1.29 is 0 Å². The van der Waals surface area contributed by atoms with E-state index in [4.69, 9.17) is 11.5 Å². The number of thiophene rings is 1. The van der Waals surface area contributed by atoms with Crippen LogP contribution in [0.5, 0.6) is 0 Å². The zero-order valence-corrected chi connectivity index (χ0v) is 10.7. The number of rotatable bonds is 4. The fraction of sp³-hybridized carbons (Fsp3) is 0.333. The molecule has 88 valence electrons. The van der Waals surface area contributed by atoms with Crippen molar-refractivity contribution in [2.75, 3.05) is 6.54 Å². The van der Waals surface area contributed by atoms with Crippen molar-refractivity contribution in [2.24, 2.45) is 11.5 Å². The van der Waals surface area contributed by atoms with Crippen LogP contribution in [0.15, 0.2) is 29.6 Å². The Balaban J connectivity index is 0.00000128. The number of halogens is 1. The summed E-state index contributed by atoms with van der Waals surface area (Å²) in [6, 6.07) is 8.54. The van der Waals surface area contributed by atoms with Crippen molar-refractivity contribution in [3.05, 3.63) is 35.2 Å². The average molecular weight is 257 g/mol. The Morgan fingerprint density at radius 3 is 2.75 bits per heavy atom. The molecule has 2 aromatic rings. The molecule has 1 aromatic carbocycles. The van der Waals surface area contributed by atoms with Gasteiger partial charge < -0.3 is 11.5 Å². The zero-order chi connectivity index (χ0) is 10.7. The summed E-state index contributed by atoms with van der Waals surface area (Å²) in [6.45, 7) is 0.718. The number of nitrogens with two attached hydrogens (primary N) is 2. The molecule has 0 radical (unpaired) electrons. The Hall–Kier alpha value is -0.610. The fourth-order valence-corrected chi connectivity index (χ4v) is 2.80. The van der Waals surface area contributed by atoms with Gasteiger partial charge in [0.2, 0.25) is 0 Å². The van der Waals surface area contributed by atoms with Crippen LogP contribution < -0.4 is 11.5 Å². The number of benzene rings is 1. The first kappa shape index (κ1) is 13.5. The maximum atomic E-state index is 6.14. The van der Waals surface area contributed by atoms with Crippen LogP contribution in [0.3, 0.4) is 0 Å². The molecule has 0 unspecified atom stereocenters. The second-order valence-electron chi connectivity index (χ2n) is 3.72. The molecule has 4 N–H and O–H groups in total. The maximum Gasteiger partial charge on any atom is 0.0346 e. The van der Waals surface area contributed by atoms with Crippen LogP contribution in [-0.2, 0) is 0 Å². The molecule has 0 fully saturated rings. The van der Waals surface area contributed by atoms with Crippen LogP contribution in [0.25, 0.3) is 10.1 Å². The first-order chi connectivity index (χ1) is 7.33. The second-order valence-corrected chi connectivity index (χ2v) is 4.64. The van der Waals surface area contributed by atoms with Crippen molar-refractivity contribution in [2.45, 2.75) is 18.9 Å². The molecule has 0 spiro atoms. The predicted molar refractivity (Wildman–Crippen MR) is 74.3 cm³/mol. The van der Waals surface area contributed by atoms with E-state index < -0.39 is 0 Å². The molecule has 0 bridgehead atoms. The summed E-state index contributed by atoms with van der Waals surface area (Å²) < 4.78 is 1.32. The molecular weight excluding hydrogens is 240 g/mol. The summed E-state index contributed by atoms with van der Waals surface area (Å²) in [5, 5.41) is 3.47. The van der Waals surface area contributed by atoms with Crippen molar-refractivity contribution in [1.29, 1.82) is 0 Å². The topological polar surface area (TPSA) is 52.0 Å². The van der Waals surface area contributed by atoms with E-state index >= 15 is 0 Å². The Morgan fingerprint density at radius 2 is 2.00 bits per heavy atom. The molecule has 0 aliphatic heterocycles. The van der Waals surface area contributed by atoms with E-state index in [1.807, 2.05) is 0 Å². The van der Waals surface area contributed by atoms with Crippen LogP contribution in [0.4, 0.5) is 0 Å². The van der Waals surface area contributed by atoms with Crippen molar-refractivity contribution in [3.63, 3.8) is 0 Å². The average Bonchev–Trinajstić information content (AvgIpc) is 2.69. The second kappa shape index (κ2) is 6.21. The van der Waals surface area contributed by atoms with E-state index in [1.165, 1.54) is 15.6 Å². The molecule has 1 atom stereocenters. The molecule has 1 heterocycles. The Labute approximate surface area is 106 Å². The summed E-state index contributed by atoms with van der Waals surface area (Å²) in [5.41, 5.74) is 12.9. The lowest BCUT2D eigenvalue weighted by Gasteiger charge is -2.09. The minimum atomic E-state index is 0. The Kier molecular flexibility index (Phi) is 5.22. The van der Waals surface area contributed by atoms with Gasteiger partial charge in [0.15, 0.2) is 0 Å². The van der Waals surface area contributed by atoms with Gasteiger partial charge in [0.1, 0.15) is 0 Å². The molecule has 2 rings (SSSR count). The van der Waals surface area contributed by atoms with E-state index in [-0.39, 0.29) is 18.4 Å². The Morgan fingerprint density at radius 1 is 1.25 bits per heavy atom. The molecule has 0 amide bonds. The van der Waals surface area contributed by atoms with Crippen molar-refractivity contribution in [3.8, 4) is 0 Å². The highest BCUT2D eigenvalue weighted by atomic mass is 35.5. The lowest BCUT2D eigenvalue weighted by atomic mass is 10.0. The van der Waals surface area contributed by atoms with E-state index in [2.05, 4.69) is 29.6 Å². The van der Waals surface area contributed by atoms with Gasteiger partial charge in [-0.2, -0.15) is 0 Å². The predicted octanol–water partition coefficient (Wildman–Crippen LogP) is 3.06. The highest BCUT2D eigenvalue weighted by molar-refractivity contribution is 7.17. The van der Waals surface area contributed by atoms with E-state index in [1.54, 1.807) is 11.3 Å². The maximum absolute atomic E-state index is 6.14. The SMILES string of the molecule is Cl.NCCC[C@H](N)c1csc2ccccc12. The minimum Gasteiger partial charge on any atom is -0.330 e. The summed E-state index contributed by atoms with van der Waals surface area (Å²) in [7, 11) is 0. The highest BCUT2D eigenvalue weighted by Crippen LogP contribution is 2.30. The summed E-state index contributed by atoms with van der Waals surface area (Å²) in [4.78, 5) is 0. The molecule has 0 aliphatic rings. The van der Waals surface area contributed by atoms with Gasteiger partial charge in [-0.1, -0.05) is 18.2 Å². The van der Waals surface area contributed by atoms with Crippen LogP contribution in [0, 0.1) is 0 Å². The molecule has 0 saturated heterocycles. The van der Waals surface area contributed by atoms with Gasteiger partial charge in [0.25, 0.3) is 0 Å². The van der Waals surface area contributed by atoms with Crippen LogP contribution in [-0.4, -0.2) is 6.54 Å². The van der Waals surface area contributed by atoms with Gasteiger partial charge in [-0.25, -0.2) is 0 Å². The molecule has 16 heavy (non-hydrogen) atoms. The van der Waals surface area contributed by atoms with Gasteiger partial charge in [-0.3, -0.25) is 0 Å². The van der Waals surface area contributed by atoms with Gasteiger partial charge in [0, 0.05) is 10.7 Å². The van der Waals surface area contributed by atoms with E-state index in [0.717, 1.165) is 19.4 Å². The molecule has 4 heteroatoms. The number of hydrogen-bond donors (Lipinski definition) is 2. The third-order valence-electron chi connectivity index (χ3n) is 2.63. The van der Waals surface area contributed by atoms with Crippen LogP contribution in [0.2, 0.25) is 0 Å². The fourth-order valence-electron chi connectivity index (χ4n) is 1.78. The van der Waals surface area contributed by atoms with Crippen molar-refractivity contribution >= 4 is 33.8 Å². The smallest absolute Gasteiger partial charge is 0.0346 e. The molecule has 0 aliphatic carbocycles. The van der Waals surface area contributed by atoms with Gasteiger partial charge in [-0.15, -0.1) is 23.7 Å². The normalized spacial score (nSPS) is 12.4. The van der Waals surface area contributed by atoms with Gasteiger partial charge in [-0.05, 0) is 41.8 Å². The Bertz CT molecular complexity index is 441. The molecule has 1 aromatic heterocycles. The number of fused-ring (bicyclic) bond motifs is 1. The largest absolute Gasteiger partial charge is 0.330 e. The van der Waals surface area contributed by atoms with Crippen LogP contribution in [0.1, 0.15) is 24.4 Å². The third kappa shape index (κ3) is 2.74. The lowest BCUT2D eigenvalue weighted by Crippen LogP contribution is -2.11. The van der Waals surface area contributed by atoms with E-state index in [0.29, 0.717) is 0 Å². The highest BCUT2D eigenvalue weighted by Gasteiger charge is 2.10. The van der Waals surface area contributed by atoms with E-state index in [9.17, 15) is 0 Å². The standard InChI is InChI=1S/C12H16N2S.ClH/c13-7-3-5-11(14)10-8-15-12-6-2-1-4-9(10)12;/h1-2,4,6,8,11H,3,5,7,13-14H2;1H/t11-;/m0./s1. The molecule has 2 nitrogen and oxygen atoms in total. The minimum absolute atomic E-state index is 0. The van der Waals surface area contributed by atoms with Crippen molar-refractivity contribution in [1.82, 2.24) is 0 Å². The quantitative estimate of drug-likeness (QED) is 0.883. The van der Waals surface area contributed by atoms with Crippen LogP contribution >= 0.6 is 23.7 Å². The molecule has 0 saturated carbocycles. The zero-order valence-electron chi connectivity index (χ0n) is 9.06. The van der Waals surface area contributed by atoms with Gasteiger partial charge >= 0.3 is 0 Å². The first-order valence-corrected chi connectivity index (χ1v) is 6.12. The first-order valence-electron chi connectivity index (χ1n) is 5.24. The summed E-state index contributed by atoms with van der Waals surface area (Å²) >= 11 is 1.76. The number of hydrogen-bond acceptors (Lipinski definition) is 3. The monoisotopic (exact) mass is 256 g/mol.